The number of sulfonamides is 1. The molecule has 0 atom stereocenters. The maximum atomic E-state index is 13.3. The highest BCUT2D eigenvalue weighted by molar-refractivity contribution is 7.93. The Morgan fingerprint density at radius 2 is 1.55 bits per heavy atom. The number of nitro benzene ring substituents is 1. The third-order valence-corrected chi connectivity index (χ3v) is 8.35. The second-order valence-electron chi connectivity index (χ2n) is 7.65. The molecule has 33 heavy (non-hydrogen) atoms. The summed E-state index contributed by atoms with van der Waals surface area (Å²) in [4.78, 5) is 9.50. The Kier molecular flexibility index (Phi) is 6.48. The van der Waals surface area contributed by atoms with Gasteiger partial charge in [0, 0.05) is 12.1 Å². The van der Waals surface area contributed by atoms with Crippen molar-refractivity contribution in [1.82, 2.24) is 0 Å². The van der Waals surface area contributed by atoms with Crippen LogP contribution < -0.4 is 4.72 Å². The van der Waals surface area contributed by atoms with Crippen LogP contribution in [0.3, 0.4) is 0 Å². The van der Waals surface area contributed by atoms with Gasteiger partial charge in [0.2, 0.25) is 9.84 Å². The topological polar surface area (TPSA) is 144 Å². The van der Waals surface area contributed by atoms with Gasteiger partial charge in [-0.1, -0.05) is 38.1 Å². The lowest BCUT2D eigenvalue weighted by molar-refractivity contribution is -0.385. The van der Waals surface area contributed by atoms with Crippen LogP contribution >= 0.6 is 0 Å². The Hall–Kier alpha value is -3.44. The predicted octanol–water partition coefficient (Wildman–Crippen LogP) is 4.37. The number of nitrogens with zero attached hydrogens (tertiary/aromatic N) is 1. The lowest BCUT2D eigenvalue weighted by Gasteiger charge is -2.20. The third-order valence-electron chi connectivity index (χ3n) is 5.06. The lowest BCUT2D eigenvalue weighted by Crippen LogP contribution is -2.16. The molecule has 0 aromatic heterocycles. The van der Waals surface area contributed by atoms with E-state index in [-0.39, 0.29) is 32.5 Å². The van der Waals surface area contributed by atoms with Crippen LogP contribution in [-0.4, -0.2) is 26.9 Å². The molecule has 3 rings (SSSR count). The quantitative estimate of drug-likeness (QED) is 0.284. The Balaban J connectivity index is 2.22. The van der Waals surface area contributed by atoms with Crippen molar-refractivity contribution in [2.75, 3.05) is 4.72 Å². The molecule has 3 aromatic carbocycles. The smallest absolute Gasteiger partial charge is 0.270 e. The maximum absolute atomic E-state index is 13.3. The first-order valence-corrected chi connectivity index (χ1v) is 12.8. The van der Waals surface area contributed by atoms with E-state index in [0.717, 1.165) is 12.1 Å². The van der Waals surface area contributed by atoms with Gasteiger partial charge in [-0.2, -0.15) is 0 Å². The minimum absolute atomic E-state index is 0.00485. The van der Waals surface area contributed by atoms with Crippen LogP contribution in [0.5, 0.6) is 5.75 Å². The zero-order valence-corrected chi connectivity index (χ0v) is 19.6. The fourth-order valence-electron chi connectivity index (χ4n) is 3.32. The summed E-state index contributed by atoms with van der Waals surface area (Å²) >= 11 is 0. The van der Waals surface area contributed by atoms with Gasteiger partial charge in [-0.05, 0) is 48.2 Å². The summed E-state index contributed by atoms with van der Waals surface area (Å²) in [5.41, 5.74) is -0.241. The van der Waals surface area contributed by atoms with Gasteiger partial charge in [-0.25, -0.2) is 16.8 Å². The average Bonchev–Trinajstić information content (AvgIpc) is 2.76. The van der Waals surface area contributed by atoms with Crippen molar-refractivity contribution >= 4 is 31.2 Å². The molecule has 3 aromatic rings. The molecule has 0 saturated carbocycles. The molecule has 11 heteroatoms. The molecule has 0 aliphatic carbocycles. The van der Waals surface area contributed by atoms with Crippen LogP contribution in [-0.2, 0) is 19.9 Å². The number of hydrogen-bond donors (Lipinski definition) is 2. The van der Waals surface area contributed by atoms with Crippen molar-refractivity contribution in [3.8, 4) is 5.75 Å². The molecule has 0 fully saturated rings. The van der Waals surface area contributed by atoms with Gasteiger partial charge in [-0.3, -0.25) is 14.8 Å². The monoisotopic (exact) mass is 490 g/mol. The number of benzene rings is 3. The fraction of sp³-hybridized carbons (Fsp3) is 0.182. The molecular weight excluding hydrogens is 468 g/mol. The van der Waals surface area contributed by atoms with Crippen LogP contribution in [0.15, 0.2) is 75.4 Å². The zero-order valence-electron chi connectivity index (χ0n) is 18.0. The van der Waals surface area contributed by atoms with E-state index >= 15 is 0 Å². The van der Waals surface area contributed by atoms with Crippen molar-refractivity contribution < 1.29 is 26.9 Å². The van der Waals surface area contributed by atoms with Crippen LogP contribution in [0.25, 0.3) is 0 Å². The molecule has 0 heterocycles. The highest BCUT2D eigenvalue weighted by Gasteiger charge is 2.30. The van der Waals surface area contributed by atoms with Gasteiger partial charge in [-0.15, -0.1) is 0 Å². The molecule has 174 valence electrons. The van der Waals surface area contributed by atoms with Gasteiger partial charge in [0.15, 0.2) is 0 Å². The Labute approximate surface area is 191 Å². The molecule has 0 spiro atoms. The number of phenolic OH excluding ortho intramolecular Hbond substituents is 1. The van der Waals surface area contributed by atoms with E-state index in [1.807, 2.05) is 0 Å². The van der Waals surface area contributed by atoms with Crippen molar-refractivity contribution in [2.45, 2.75) is 41.4 Å². The number of nitro groups is 1. The molecule has 2 N–H and O–H groups in total. The molecule has 0 amide bonds. The highest BCUT2D eigenvalue weighted by atomic mass is 32.2. The summed E-state index contributed by atoms with van der Waals surface area (Å²) in [5, 5.41) is 21.9. The SMILES string of the molecule is Cc1c(NS(=O)(=O)c2cccc([N+](=O)[O-])c2)cc(C(C)C)c(O)c1S(=O)(=O)c1ccccc1. The molecule has 0 radical (unpaired) electrons. The average molecular weight is 491 g/mol. The number of hydrogen-bond acceptors (Lipinski definition) is 7. The largest absolute Gasteiger partial charge is 0.506 e. The number of non-ortho nitro benzene ring substituents is 1. The summed E-state index contributed by atoms with van der Waals surface area (Å²) in [7, 11) is -8.50. The summed E-state index contributed by atoms with van der Waals surface area (Å²) in [6, 6.07) is 13.3. The van der Waals surface area contributed by atoms with Crippen molar-refractivity contribution in [3.05, 3.63) is 81.9 Å². The number of aromatic hydroxyl groups is 1. The molecule has 0 aliphatic rings. The van der Waals surface area contributed by atoms with Gasteiger partial charge in [0.05, 0.1) is 20.4 Å². The van der Waals surface area contributed by atoms with Crippen molar-refractivity contribution in [1.29, 1.82) is 0 Å². The van der Waals surface area contributed by atoms with E-state index < -0.39 is 41.1 Å². The van der Waals surface area contributed by atoms with Gasteiger partial charge in [0.1, 0.15) is 10.6 Å². The molecule has 0 saturated heterocycles. The van der Waals surface area contributed by atoms with E-state index in [1.54, 1.807) is 19.9 Å². The Morgan fingerprint density at radius 3 is 2.12 bits per heavy atom. The molecule has 0 unspecified atom stereocenters. The van der Waals surface area contributed by atoms with Crippen molar-refractivity contribution in [3.63, 3.8) is 0 Å². The summed E-state index contributed by atoms with van der Waals surface area (Å²) in [6.07, 6.45) is 0. The summed E-state index contributed by atoms with van der Waals surface area (Å²) in [5.74, 6) is -0.791. The molecular formula is C22H22N2O7S2. The number of nitrogens with one attached hydrogen (secondary N) is 1. The first-order chi connectivity index (χ1) is 15.4. The number of rotatable bonds is 7. The Morgan fingerprint density at radius 1 is 0.939 bits per heavy atom. The second kappa shape index (κ2) is 8.83. The number of sulfone groups is 1. The normalized spacial score (nSPS) is 12.0. The number of anilines is 1. The van der Waals surface area contributed by atoms with Gasteiger partial charge >= 0.3 is 0 Å². The zero-order chi connectivity index (χ0) is 24.6. The van der Waals surface area contributed by atoms with E-state index in [0.29, 0.717) is 0 Å². The third kappa shape index (κ3) is 4.69. The van der Waals surface area contributed by atoms with E-state index in [4.69, 9.17) is 0 Å². The van der Waals surface area contributed by atoms with Gasteiger partial charge in [0.25, 0.3) is 15.7 Å². The first kappa shape index (κ1) is 24.2. The van der Waals surface area contributed by atoms with Gasteiger partial charge < -0.3 is 5.11 Å². The van der Waals surface area contributed by atoms with Crippen LogP contribution in [0.4, 0.5) is 11.4 Å². The maximum Gasteiger partial charge on any atom is 0.270 e. The predicted molar refractivity (Wildman–Crippen MR) is 123 cm³/mol. The highest BCUT2D eigenvalue weighted by Crippen LogP contribution is 2.41. The Bertz CT molecular complexity index is 1430. The summed E-state index contributed by atoms with van der Waals surface area (Å²) in [6.45, 7) is 4.83. The fourth-order valence-corrected chi connectivity index (χ4v) is 6.11. The molecule has 0 aliphatic heterocycles. The van der Waals surface area contributed by atoms with Crippen LogP contribution in [0.2, 0.25) is 0 Å². The standard InChI is InChI=1S/C22H22N2O7S2/c1-14(2)19-13-20(23-33(30,31)18-11-7-8-16(12-18)24(26)27)15(3)22(21(19)25)32(28,29)17-9-5-4-6-10-17/h4-14,23,25H,1-3H3. The number of phenols is 1. The van der Waals surface area contributed by atoms with Crippen molar-refractivity contribution in [2.24, 2.45) is 0 Å². The minimum Gasteiger partial charge on any atom is -0.506 e. The molecule has 0 bridgehead atoms. The van der Waals surface area contributed by atoms with E-state index in [2.05, 4.69) is 4.72 Å². The van der Waals surface area contributed by atoms with E-state index in [9.17, 15) is 32.1 Å². The van der Waals surface area contributed by atoms with Crippen LogP contribution in [0, 0.1) is 17.0 Å². The first-order valence-electron chi connectivity index (χ1n) is 9.80. The lowest BCUT2D eigenvalue weighted by atomic mass is 9.99. The van der Waals surface area contributed by atoms with Crippen LogP contribution in [0.1, 0.15) is 30.9 Å². The minimum atomic E-state index is -4.30. The second-order valence-corrected chi connectivity index (χ2v) is 11.2. The van der Waals surface area contributed by atoms with E-state index in [1.165, 1.54) is 49.4 Å². The molecule has 9 nitrogen and oxygen atoms in total. The summed E-state index contributed by atoms with van der Waals surface area (Å²) < 4.78 is 55.0.